The maximum Gasteiger partial charge on any atom is 0.338 e. The lowest BCUT2D eigenvalue weighted by molar-refractivity contribution is -0.123. The van der Waals surface area contributed by atoms with Crippen LogP contribution in [0.4, 0.5) is 4.79 Å². The lowest BCUT2D eigenvalue weighted by Gasteiger charge is -2.22. The van der Waals surface area contributed by atoms with Crippen molar-refractivity contribution in [2.75, 3.05) is 13.7 Å². The summed E-state index contributed by atoms with van der Waals surface area (Å²) in [6.45, 7) is -0.520. The van der Waals surface area contributed by atoms with Gasteiger partial charge in [-0.3, -0.25) is 10.1 Å². The molecule has 0 unspecified atom stereocenters. The van der Waals surface area contributed by atoms with Gasteiger partial charge in [0, 0.05) is 6.04 Å². The summed E-state index contributed by atoms with van der Waals surface area (Å²) in [5.41, 5.74) is 0.272. The van der Waals surface area contributed by atoms with Crippen molar-refractivity contribution >= 4 is 17.9 Å². The van der Waals surface area contributed by atoms with E-state index >= 15 is 0 Å². The van der Waals surface area contributed by atoms with E-state index in [1.165, 1.54) is 19.6 Å². The molecule has 1 aliphatic carbocycles. The first kappa shape index (κ1) is 17.8. The van der Waals surface area contributed by atoms with Crippen LogP contribution in [0.2, 0.25) is 0 Å². The van der Waals surface area contributed by atoms with Crippen LogP contribution in [0.15, 0.2) is 24.3 Å². The molecule has 7 nitrogen and oxygen atoms in total. The minimum Gasteiger partial charge on any atom is -0.497 e. The fourth-order valence-electron chi connectivity index (χ4n) is 2.60. The average Bonchev–Trinajstić information content (AvgIpc) is 2.60. The first-order valence-electron chi connectivity index (χ1n) is 8.00. The number of urea groups is 1. The monoisotopic (exact) mass is 334 g/mol. The van der Waals surface area contributed by atoms with Gasteiger partial charge in [0.2, 0.25) is 0 Å². The van der Waals surface area contributed by atoms with Gasteiger partial charge in [-0.25, -0.2) is 9.59 Å². The second kappa shape index (κ2) is 8.90. The Bertz CT molecular complexity index is 596. The number of carbonyl (C=O) groups is 3. The highest BCUT2D eigenvalue weighted by atomic mass is 16.5. The number of methoxy groups -OCH3 is 1. The Labute approximate surface area is 140 Å². The number of amides is 3. The number of imide groups is 1. The van der Waals surface area contributed by atoms with Gasteiger partial charge >= 0.3 is 12.0 Å². The highest BCUT2D eigenvalue weighted by Crippen LogP contribution is 2.17. The Morgan fingerprint density at radius 2 is 1.92 bits per heavy atom. The van der Waals surface area contributed by atoms with E-state index in [9.17, 15) is 14.4 Å². The maximum atomic E-state index is 11.9. The zero-order valence-corrected chi connectivity index (χ0v) is 13.7. The van der Waals surface area contributed by atoms with Crippen molar-refractivity contribution in [2.45, 2.75) is 38.1 Å². The molecule has 7 heteroatoms. The van der Waals surface area contributed by atoms with Crippen LogP contribution in [0, 0.1) is 0 Å². The predicted molar refractivity (Wildman–Crippen MR) is 86.8 cm³/mol. The summed E-state index contributed by atoms with van der Waals surface area (Å²) in [4.78, 5) is 35.3. The topological polar surface area (TPSA) is 93.7 Å². The molecule has 0 bridgehead atoms. The third-order valence-electron chi connectivity index (χ3n) is 3.83. The molecule has 1 aliphatic rings. The van der Waals surface area contributed by atoms with Crippen LogP contribution in [-0.2, 0) is 9.53 Å². The SMILES string of the molecule is COc1cccc(C(=O)OCC(=O)NC(=O)NC2CCCCC2)c1. The molecule has 2 N–H and O–H groups in total. The highest BCUT2D eigenvalue weighted by Gasteiger charge is 2.17. The van der Waals surface area contributed by atoms with Gasteiger partial charge in [-0.2, -0.15) is 0 Å². The number of hydrogen-bond acceptors (Lipinski definition) is 5. The molecule has 1 aromatic carbocycles. The minimum absolute atomic E-state index is 0.103. The van der Waals surface area contributed by atoms with Crippen molar-refractivity contribution in [3.05, 3.63) is 29.8 Å². The van der Waals surface area contributed by atoms with Crippen molar-refractivity contribution in [3.8, 4) is 5.75 Å². The highest BCUT2D eigenvalue weighted by molar-refractivity contribution is 5.97. The summed E-state index contributed by atoms with van der Waals surface area (Å²) >= 11 is 0. The van der Waals surface area contributed by atoms with Crippen LogP contribution < -0.4 is 15.4 Å². The number of hydrogen-bond donors (Lipinski definition) is 2. The van der Waals surface area contributed by atoms with Gasteiger partial charge in [0.1, 0.15) is 5.75 Å². The fraction of sp³-hybridized carbons (Fsp3) is 0.471. The van der Waals surface area contributed by atoms with E-state index in [0.29, 0.717) is 5.75 Å². The predicted octanol–water partition coefficient (Wildman–Crippen LogP) is 2.01. The minimum atomic E-state index is -0.667. The molecule has 24 heavy (non-hydrogen) atoms. The second-order valence-corrected chi connectivity index (χ2v) is 5.66. The standard InChI is InChI=1S/C17H22N2O5/c1-23-14-9-5-6-12(10-14)16(21)24-11-15(20)19-17(22)18-13-7-3-2-4-8-13/h5-6,9-10,13H,2-4,7-8,11H2,1H3,(H2,18,19,20,22). The smallest absolute Gasteiger partial charge is 0.338 e. The van der Waals surface area contributed by atoms with Crippen molar-refractivity contribution in [2.24, 2.45) is 0 Å². The molecule has 0 aliphatic heterocycles. The molecule has 0 saturated heterocycles. The van der Waals surface area contributed by atoms with Crippen LogP contribution in [0.1, 0.15) is 42.5 Å². The summed E-state index contributed by atoms with van der Waals surface area (Å²) in [6.07, 6.45) is 5.19. The number of benzene rings is 1. The summed E-state index contributed by atoms with van der Waals surface area (Å²) in [7, 11) is 1.49. The number of carbonyl (C=O) groups excluding carboxylic acids is 3. The number of esters is 1. The molecule has 130 valence electrons. The summed E-state index contributed by atoms with van der Waals surface area (Å²) in [5.74, 6) is -0.808. The van der Waals surface area contributed by atoms with Gasteiger partial charge in [0.15, 0.2) is 6.61 Å². The summed E-state index contributed by atoms with van der Waals surface area (Å²) in [5, 5.41) is 4.92. The van der Waals surface area contributed by atoms with E-state index in [1.807, 2.05) is 0 Å². The molecule has 3 amide bonds. The summed E-state index contributed by atoms with van der Waals surface area (Å²) < 4.78 is 9.91. The van der Waals surface area contributed by atoms with E-state index in [-0.39, 0.29) is 11.6 Å². The first-order chi connectivity index (χ1) is 11.6. The molecular weight excluding hydrogens is 312 g/mol. The molecule has 0 heterocycles. The lowest BCUT2D eigenvalue weighted by Crippen LogP contribution is -2.46. The van der Waals surface area contributed by atoms with Crippen LogP contribution in [-0.4, -0.2) is 37.7 Å². The van der Waals surface area contributed by atoms with Gasteiger partial charge < -0.3 is 14.8 Å². The molecule has 1 fully saturated rings. The Balaban J connectivity index is 1.73. The number of rotatable bonds is 5. The first-order valence-corrected chi connectivity index (χ1v) is 8.00. The van der Waals surface area contributed by atoms with E-state index in [2.05, 4.69) is 10.6 Å². The van der Waals surface area contributed by atoms with Gasteiger partial charge in [0.05, 0.1) is 12.7 Å². The molecule has 1 saturated carbocycles. The van der Waals surface area contributed by atoms with E-state index in [1.54, 1.807) is 18.2 Å². The largest absolute Gasteiger partial charge is 0.497 e. The molecule has 1 aromatic rings. The maximum absolute atomic E-state index is 11.9. The zero-order valence-electron chi connectivity index (χ0n) is 13.7. The Kier molecular flexibility index (Phi) is 6.60. The Hall–Kier alpha value is -2.57. The van der Waals surface area contributed by atoms with E-state index in [0.717, 1.165) is 25.7 Å². The average molecular weight is 334 g/mol. The van der Waals surface area contributed by atoms with Crippen molar-refractivity contribution < 1.29 is 23.9 Å². The molecule has 0 spiro atoms. The molecule has 0 atom stereocenters. The number of nitrogens with one attached hydrogen (secondary N) is 2. The molecule has 0 radical (unpaired) electrons. The van der Waals surface area contributed by atoms with Crippen LogP contribution >= 0.6 is 0 Å². The number of ether oxygens (including phenoxy) is 2. The third-order valence-corrected chi connectivity index (χ3v) is 3.83. The molecule has 0 aromatic heterocycles. The summed E-state index contributed by atoms with van der Waals surface area (Å²) in [6, 6.07) is 5.95. The second-order valence-electron chi connectivity index (χ2n) is 5.66. The Morgan fingerprint density at radius 3 is 2.62 bits per heavy atom. The van der Waals surface area contributed by atoms with Gasteiger partial charge in [0.25, 0.3) is 5.91 Å². The van der Waals surface area contributed by atoms with Gasteiger partial charge in [-0.05, 0) is 31.0 Å². The van der Waals surface area contributed by atoms with Crippen LogP contribution in [0.3, 0.4) is 0 Å². The van der Waals surface area contributed by atoms with Gasteiger partial charge in [-0.15, -0.1) is 0 Å². The Morgan fingerprint density at radius 1 is 1.17 bits per heavy atom. The van der Waals surface area contributed by atoms with Crippen LogP contribution in [0.25, 0.3) is 0 Å². The third kappa shape index (κ3) is 5.57. The lowest BCUT2D eigenvalue weighted by atomic mass is 9.96. The molecule has 2 rings (SSSR count). The van der Waals surface area contributed by atoms with Crippen molar-refractivity contribution in [3.63, 3.8) is 0 Å². The normalized spacial score (nSPS) is 14.5. The van der Waals surface area contributed by atoms with E-state index in [4.69, 9.17) is 9.47 Å². The van der Waals surface area contributed by atoms with Crippen molar-refractivity contribution in [1.29, 1.82) is 0 Å². The van der Waals surface area contributed by atoms with Crippen molar-refractivity contribution in [1.82, 2.24) is 10.6 Å². The quantitative estimate of drug-likeness (QED) is 0.804. The van der Waals surface area contributed by atoms with Gasteiger partial charge in [-0.1, -0.05) is 25.3 Å². The van der Waals surface area contributed by atoms with E-state index < -0.39 is 24.5 Å². The zero-order chi connectivity index (χ0) is 17.4. The molecular formula is C17H22N2O5. The van der Waals surface area contributed by atoms with Crippen LogP contribution in [0.5, 0.6) is 5.75 Å². The fourth-order valence-corrected chi connectivity index (χ4v) is 2.60.